The fourth-order valence-electron chi connectivity index (χ4n) is 1.48. The van der Waals surface area contributed by atoms with Crippen molar-refractivity contribution in [1.29, 1.82) is 0 Å². The molecule has 0 aromatic heterocycles. The standard InChI is InChI=1S/C10H20N2.6FH.Sb/c1-3-4-5-6-7-12-9-8-11(2)10-12;;;;;;;/h8-9H,3-7,10H2,1-2H3;6*1H;/q;;;;;;;+5/p-5. The van der Waals surface area contributed by atoms with Crippen molar-refractivity contribution < 1.29 is 18.3 Å². The minimum absolute atomic E-state index is 0. The molecule has 2 nitrogen and oxygen atoms in total. The average Bonchev–Trinajstić information content (AvgIpc) is 2.54. The van der Waals surface area contributed by atoms with E-state index in [1.54, 1.807) is 0 Å². The molecule has 19 heavy (non-hydrogen) atoms. The van der Waals surface area contributed by atoms with Gasteiger partial charge in [0.05, 0.1) is 6.67 Å². The third kappa shape index (κ3) is 20.2. The second-order valence-corrected chi connectivity index (χ2v) is 10.00. The molecule has 0 bridgehead atoms. The maximum absolute atomic E-state index is 11.2. The molecule has 1 heterocycles. The van der Waals surface area contributed by atoms with Crippen LogP contribution in [0, 0.1) is 0 Å². The number of halogens is 6. The molecule has 9 heteroatoms. The Morgan fingerprint density at radius 3 is 1.89 bits per heavy atom. The van der Waals surface area contributed by atoms with Crippen LogP contribution in [0.2, 0.25) is 0 Å². The predicted octanol–water partition coefficient (Wildman–Crippen LogP) is 4.50. The topological polar surface area (TPSA) is 6.48 Å². The minimum atomic E-state index is -11.2. The van der Waals surface area contributed by atoms with Gasteiger partial charge < -0.3 is 9.80 Å². The summed E-state index contributed by atoms with van der Waals surface area (Å²) in [5, 5.41) is 0. The van der Waals surface area contributed by atoms with E-state index in [2.05, 4.69) is 36.2 Å². The maximum atomic E-state index is 9.93. The van der Waals surface area contributed by atoms with Crippen molar-refractivity contribution in [3.05, 3.63) is 12.4 Å². The van der Waals surface area contributed by atoms with E-state index in [4.69, 9.17) is 0 Å². The number of hydrogen-bond acceptors (Lipinski definition) is 2. The number of hydrogen-bond donors (Lipinski definition) is 0. The monoisotopic (exact) mass is 404 g/mol. The van der Waals surface area contributed by atoms with Crippen LogP contribution in [0.5, 0.6) is 0 Å². The maximum Gasteiger partial charge on any atom is 1.00 e. The van der Waals surface area contributed by atoms with Crippen LogP contribution in [0.1, 0.15) is 34.0 Å². The van der Waals surface area contributed by atoms with Gasteiger partial charge in [0.15, 0.2) is 0 Å². The van der Waals surface area contributed by atoms with Gasteiger partial charge in [-0.1, -0.05) is 26.2 Å². The average molecular weight is 405 g/mol. The van der Waals surface area contributed by atoms with E-state index >= 15 is 0 Å². The van der Waals surface area contributed by atoms with Crippen molar-refractivity contribution in [3.63, 3.8) is 0 Å². The summed E-state index contributed by atoms with van der Waals surface area (Å²) >= 11 is -11.2. The first kappa shape index (κ1) is 18.7. The Morgan fingerprint density at radius 1 is 1.00 bits per heavy atom. The number of unbranched alkanes of at least 4 members (excludes halogenated alkanes) is 3. The van der Waals surface area contributed by atoms with Gasteiger partial charge in [0.1, 0.15) is 0 Å². The van der Waals surface area contributed by atoms with Gasteiger partial charge in [0, 0.05) is 26.0 Å². The molecule has 0 fully saturated rings. The fraction of sp³-hybridized carbons (Fsp3) is 0.800. The predicted molar refractivity (Wildman–Crippen MR) is 66.1 cm³/mol. The molecule has 0 unspecified atom stereocenters. The van der Waals surface area contributed by atoms with E-state index in [0.717, 1.165) is 6.67 Å². The first-order valence-electron chi connectivity index (χ1n) is 5.97. The summed E-state index contributed by atoms with van der Waals surface area (Å²) in [5.41, 5.74) is 0. The van der Waals surface area contributed by atoms with Gasteiger partial charge in [-0.05, 0) is 6.42 Å². The minimum Gasteiger partial charge on any atom is 1.00 e. The Labute approximate surface area is 113 Å². The van der Waals surface area contributed by atoms with Crippen molar-refractivity contribution >= 4 is 19.5 Å². The van der Waals surface area contributed by atoms with Gasteiger partial charge in [-0.3, -0.25) is 0 Å². The molecule has 0 radical (unpaired) electrons. The molecule has 0 saturated carbocycles. The summed E-state index contributed by atoms with van der Waals surface area (Å²) in [6.45, 7) is 4.55. The van der Waals surface area contributed by atoms with Gasteiger partial charge in [-0.2, -0.15) is 0 Å². The van der Waals surface area contributed by atoms with Crippen LogP contribution in [0.15, 0.2) is 12.4 Å². The molecular weight excluding hydrogens is 384 g/mol. The normalized spacial score (nSPS) is 18.7. The molecule has 0 aromatic carbocycles. The summed E-state index contributed by atoms with van der Waals surface area (Å²) < 4.78 is 59.6. The van der Waals surface area contributed by atoms with E-state index < -0.39 is 19.5 Å². The molecule has 0 aromatic rings. The van der Waals surface area contributed by atoms with Gasteiger partial charge in [0.25, 0.3) is 0 Å². The van der Waals surface area contributed by atoms with Crippen molar-refractivity contribution in [2.24, 2.45) is 0 Å². The summed E-state index contributed by atoms with van der Waals surface area (Å²) in [6, 6.07) is 0. The summed E-state index contributed by atoms with van der Waals surface area (Å²) in [5.74, 6) is 0. The Balaban J connectivity index is 0. The van der Waals surface area contributed by atoms with Crippen molar-refractivity contribution in [3.8, 4) is 0 Å². The third-order valence-electron chi connectivity index (χ3n) is 2.24. The summed E-state index contributed by atoms with van der Waals surface area (Å²) in [4.78, 5) is 4.58. The largest absolute Gasteiger partial charge is 1.00 e. The van der Waals surface area contributed by atoms with Crippen molar-refractivity contribution in [2.45, 2.75) is 32.6 Å². The van der Waals surface area contributed by atoms with Crippen LogP contribution in [0.3, 0.4) is 0 Å². The molecule has 0 atom stereocenters. The molecular formula is C10H21F6N2Sb. The van der Waals surface area contributed by atoms with Crippen LogP contribution in [0.4, 0.5) is 16.9 Å². The van der Waals surface area contributed by atoms with Crippen LogP contribution >= 0.6 is 0 Å². The Hall–Kier alpha value is -0.262. The molecule has 1 rings (SSSR count). The number of nitrogens with zero attached hydrogens (tertiary/aromatic N) is 2. The van der Waals surface area contributed by atoms with Gasteiger partial charge in [-0.15, -0.1) is 0 Å². The second kappa shape index (κ2) is 6.02. The Morgan fingerprint density at radius 2 is 1.53 bits per heavy atom. The number of rotatable bonds is 5. The second-order valence-electron chi connectivity index (χ2n) is 4.53. The summed E-state index contributed by atoms with van der Waals surface area (Å²) in [7, 11) is 2.11. The SMILES string of the molecule is CCCCCCN1C=CN(C)C1.[F][Sb-]([F])([F])([F])([F])[F].[H+]. The molecule has 0 amide bonds. The van der Waals surface area contributed by atoms with Crippen molar-refractivity contribution in [1.82, 2.24) is 9.80 Å². The van der Waals surface area contributed by atoms with E-state index in [0.29, 0.717) is 0 Å². The van der Waals surface area contributed by atoms with Crippen LogP contribution in [-0.4, -0.2) is 49.5 Å². The fourth-order valence-corrected chi connectivity index (χ4v) is 1.48. The zero-order chi connectivity index (χ0) is 15.2. The Bertz CT molecular complexity index is 293. The molecule has 0 saturated heterocycles. The quantitative estimate of drug-likeness (QED) is 0.378. The smallest absolute Gasteiger partial charge is 1.00 e. The van der Waals surface area contributed by atoms with E-state index in [-0.39, 0.29) is 1.43 Å². The molecule has 1 aliphatic heterocycles. The van der Waals surface area contributed by atoms with Gasteiger partial charge in [-0.25, -0.2) is 0 Å². The first-order chi connectivity index (χ1) is 8.28. The van der Waals surface area contributed by atoms with E-state index in [9.17, 15) is 16.9 Å². The van der Waals surface area contributed by atoms with Crippen LogP contribution in [-0.2, 0) is 0 Å². The van der Waals surface area contributed by atoms with E-state index in [1.807, 2.05) is 0 Å². The van der Waals surface area contributed by atoms with Gasteiger partial charge >= 0.3 is 37.8 Å². The zero-order valence-electron chi connectivity index (χ0n) is 12.0. The summed E-state index contributed by atoms with van der Waals surface area (Å²) in [6.07, 6.45) is 9.76. The zero-order valence-corrected chi connectivity index (χ0v) is 13.6. The molecule has 0 spiro atoms. The molecule has 118 valence electrons. The molecule has 1 aliphatic rings. The molecule has 0 N–H and O–H groups in total. The van der Waals surface area contributed by atoms with Crippen molar-refractivity contribution in [2.75, 3.05) is 20.3 Å². The molecule has 0 aliphatic carbocycles. The van der Waals surface area contributed by atoms with Crippen LogP contribution < -0.4 is 0 Å². The van der Waals surface area contributed by atoms with Crippen LogP contribution in [0.25, 0.3) is 0 Å². The van der Waals surface area contributed by atoms with E-state index in [1.165, 1.54) is 32.2 Å². The first-order valence-corrected chi connectivity index (χ1v) is 11.8. The third-order valence-corrected chi connectivity index (χ3v) is 2.24. The van der Waals surface area contributed by atoms with Gasteiger partial charge in [0.2, 0.25) is 0 Å². The Kier molecular flexibility index (Phi) is 5.93.